The van der Waals surface area contributed by atoms with E-state index in [-0.39, 0.29) is 25.4 Å². The molecule has 0 aliphatic carbocycles. The molecular formula is C12H17F6NO. The zero-order valence-electron chi connectivity index (χ0n) is 11.2. The molecule has 2 saturated heterocycles. The predicted molar refractivity (Wildman–Crippen MR) is 59.2 cm³/mol. The van der Waals surface area contributed by atoms with Gasteiger partial charge in [0.2, 0.25) is 0 Å². The normalized spacial score (nSPS) is 32.7. The van der Waals surface area contributed by atoms with Gasteiger partial charge in [0, 0.05) is 12.1 Å². The quantitative estimate of drug-likeness (QED) is 0.724. The Hall–Kier alpha value is -0.500. The Bertz CT molecular complexity index is 365. The third-order valence-corrected chi connectivity index (χ3v) is 4.48. The molecule has 2 aliphatic heterocycles. The molecule has 0 bridgehead atoms. The van der Waals surface area contributed by atoms with Gasteiger partial charge in [-0.15, -0.1) is 0 Å². The average Bonchev–Trinajstić information content (AvgIpc) is 2.68. The lowest BCUT2D eigenvalue weighted by atomic mass is 9.95. The fourth-order valence-corrected chi connectivity index (χ4v) is 3.13. The van der Waals surface area contributed by atoms with Crippen molar-refractivity contribution in [3.05, 3.63) is 0 Å². The van der Waals surface area contributed by atoms with Crippen LogP contribution in [0.25, 0.3) is 0 Å². The predicted octanol–water partition coefficient (Wildman–Crippen LogP) is 3.51. The molecule has 0 radical (unpaired) electrons. The van der Waals surface area contributed by atoms with Crippen molar-refractivity contribution < 1.29 is 31.1 Å². The molecule has 0 aromatic heterocycles. The highest BCUT2D eigenvalue weighted by Gasteiger charge is 2.70. The third-order valence-electron chi connectivity index (χ3n) is 4.48. The van der Waals surface area contributed by atoms with Crippen molar-refractivity contribution in [1.29, 1.82) is 0 Å². The second-order valence-electron chi connectivity index (χ2n) is 6.02. The van der Waals surface area contributed by atoms with E-state index >= 15 is 0 Å². The van der Waals surface area contributed by atoms with Gasteiger partial charge in [-0.3, -0.25) is 4.90 Å². The van der Waals surface area contributed by atoms with Gasteiger partial charge in [-0.25, -0.2) is 0 Å². The number of nitrogens with zero attached hydrogens (tertiary/aromatic N) is 1. The summed E-state index contributed by atoms with van der Waals surface area (Å²) in [5.74, 6) is 0. The highest BCUT2D eigenvalue weighted by Crippen LogP contribution is 2.48. The summed E-state index contributed by atoms with van der Waals surface area (Å²) >= 11 is 0. The van der Waals surface area contributed by atoms with Crippen LogP contribution in [0.3, 0.4) is 0 Å². The topological polar surface area (TPSA) is 12.5 Å². The number of halogens is 6. The molecule has 2 nitrogen and oxygen atoms in total. The first-order valence-corrected chi connectivity index (χ1v) is 6.45. The molecule has 118 valence electrons. The van der Waals surface area contributed by atoms with Crippen LogP contribution < -0.4 is 0 Å². The molecule has 0 saturated carbocycles. The van der Waals surface area contributed by atoms with Gasteiger partial charge >= 0.3 is 12.4 Å². The van der Waals surface area contributed by atoms with Crippen molar-refractivity contribution in [2.24, 2.45) is 0 Å². The van der Waals surface area contributed by atoms with E-state index in [1.807, 2.05) is 11.8 Å². The SMILES string of the molecule is CC(O[C@H]1CN2CCC[C@]2(C)C1)(C(F)(F)F)C(F)(F)F. The Balaban J connectivity index is 2.15. The Morgan fingerprint density at radius 3 is 2.10 bits per heavy atom. The number of ether oxygens (including phenoxy) is 1. The van der Waals surface area contributed by atoms with Crippen LogP contribution in [0.5, 0.6) is 0 Å². The van der Waals surface area contributed by atoms with Crippen LogP contribution in [0.2, 0.25) is 0 Å². The maximum Gasteiger partial charge on any atom is 0.426 e. The lowest BCUT2D eigenvalue weighted by molar-refractivity contribution is -0.382. The highest BCUT2D eigenvalue weighted by molar-refractivity contribution is 5.03. The Labute approximate surface area is 113 Å². The summed E-state index contributed by atoms with van der Waals surface area (Å²) in [6.45, 7) is 2.75. The first kappa shape index (κ1) is 15.9. The fraction of sp³-hybridized carbons (Fsp3) is 1.00. The van der Waals surface area contributed by atoms with Crippen molar-refractivity contribution in [3.63, 3.8) is 0 Å². The van der Waals surface area contributed by atoms with Gasteiger partial charge in [-0.2, -0.15) is 26.3 Å². The van der Waals surface area contributed by atoms with Crippen molar-refractivity contribution in [3.8, 4) is 0 Å². The number of fused-ring (bicyclic) bond motifs is 1. The maximum atomic E-state index is 12.8. The second-order valence-corrected chi connectivity index (χ2v) is 6.02. The van der Waals surface area contributed by atoms with E-state index in [0.717, 1.165) is 12.8 Å². The minimum atomic E-state index is -5.49. The van der Waals surface area contributed by atoms with E-state index in [1.165, 1.54) is 0 Å². The van der Waals surface area contributed by atoms with Gasteiger partial charge in [-0.05, 0) is 39.7 Å². The molecule has 20 heavy (non-hydrogen) atoms. The van der Waals surface area contributed by atoms with E-state index in [0.29, 0.717) is 6.54 Å². The molecule has 2 atom stereocenters. The largest absolute Gasteiger partial charge is 0.426 e. The molecular weight excluding hydrogens is 288 g/mol. The number of alkyl halides is 6. The molecule has 2 heterocycles. The van der Waals surface area contributed by atoms with Crippen molar-refractivity contribution in [2.75, 3.05) is 13.1 Å². The molecule has 0 amide bonds. The number of hydrogen-bond acceptors (Lipinski definition) is 2. The van der Waals surface area contributed by atoms with Crippen LogP contribution in [0.4, 0.5) is 26.3 Å². The molecule has 0 spiro atoms. The number of hydrogen-bond donors (Lipinski definition) is 0. The molecule has 8 heteroatoms. The Kier molecular flexibility index (Phi) is 3.57. The first-order valence-electron chi connectivity index (χ1n) is 6.45. The van der Waals surface area contributed by atoms with E-state index < -0.39 is 24.1 Å². The monoisotopic (exact) mass is 305 g/mol. The minimum Gasteiger partial charge on any atom is -0.353 e. The molecule has 0 N–H and O–H groups in total. The smallest absolute Gasteiger partial charge is 0.353 e. The molecule has 0 aromatic carbocycles. The summed E-state index contributed by atoms with van der Waals surface area (Å²) in [5.41, 5.74) is -4.44. The maximum absolute atomic E-state index is 12.8. The fourth-order valence-electron chi connectivity index (χ4n) is 3.13. The second kappa shape index (κ2) is 4.50. The van der Waals surface area contributed by atoms with E-state index in [4.69, 9.17) is 0 Å². The summed E-state index contributed by atoms with van der Waals surface area (Å²) in [4.78, 5) is 1.92. The zero-order valence-corrected chi connectivity index (χ0v) is 11.2. The molecule has 2 rings (SSSR count). The lowest BCUT2D eigenvalue weighted by Gasteiger charge is -2.36. The summed E-state index contributed by atoms with van der Waals surface area (Å²) in [6, 6.07) is 0. The molecule has 0 unspecified atom stereocenters. The van der Waals surface area contributed by atoms with Crippen molar-refractivity contribution in [2.45, 2.75) is 62.7 Å². The molecule has 2 aliphatic rings. The highest BCUT2D eigenvalue weighted by atomic mass is 19.4. The van der Waals surface area contributed by atoms with Crippen LogP contribution in [0.1, 0.15) is 33.1 Å². The average molecular weight is 305 g/mol. The minimum absolute atomic E-state index is 0.0682. The first-order chi connectivity index (χ1) is 8.89. The zero-order chi connectivity index (χ0) is 15.4. The summed E-state index contributed by atoms with van der Waals surface area (Å²) in [7, 11) is 0. The van der Waals surface area contributed by atoms with Crippen molar-refractivity contribution in [1.82, 2.24) is 4.90 Å². The summed E-state index contributed by atoms with van der Waals surface area (Å²) in [5, 5.41) is 0. The van der Waals surface area contributed by atoms with Crippen LogP contribution in [0, 0.1) is 0 Å². The van der Waals surface area contributed by atoms with Gasteiger partial charge in [0.1, 0.15) is 0 Å². The van der Waals surface area contributed by atoms with E-state index in [2.05, 4.69) is 4.74 Å². The summed E-state index contributed by atoms with van der Waals surface area (Å²) in [6.07, 6.45) is -10.1. The van der Waals surface area contributed by atoms with Gasteiger partial charge < -0.3 is 4.74 Å². The van der Waals surface area contributed by atoms with E-state index in [1.54, 1.807) is 0 Å². The third kappa shape index (κ3) is 2.41. The van der Waals surface area contributed by atoms with Gasteiger partial charge in [-0.1, -0.05) is 0 Å². The van der Waals surface area contributed by atoms with Gasteiger partial charge in [0.05, 0.1) is 6.10 Å². The van der Waals surface area contributed by atoms with Gasteiger partial charge in [0.25, 0.3) is 5.60 Å². The van der Waals surface area contributed by atoms with Crippen LogP contribution >= 0.6 is 0 Å². The lowest BCUT2D eigenvalue weighted by Crippen LogP contribution is -2.58. The summed E-state index contributed by atoms with van der Waals surface area (Å²) < 4.78 is 81.2. The van der Waals surface area contributed by atoms with Crippen LogP contribution in [-0.4, -0.2) is 47.6 Å². The van der Waals surface area contributed by atoms with Gasteiger partial charge in [0.15, 0.2) is 0 Å². The number of rotatable bonds is 2. The van der Waals surface area contributed by atoms with E-state index in [9.17, 15) is 26.3 Å². The Morgan fingerprint density at radius 2 is 1.65 bits per heavy atom. The Morgan fingerprint density at radius 1 is 1.10 bits per heavy atom. The van der Waals surface area contributed by atoms with Crippen molar-refractivity contribution >= 4 is 0 Å². The standard InChI is InChI=1S/C12H17F6NO/c1-9-4-3-5-19(9)7-8(6-9)20-10(2,11(13,14)15)12(16,17)18/h8H,3-7H2,1-2H3/t8-,9-/m1/s1. The van der Waals surface area contributed by atoms with Crippen LogP contribution in [-0.2, 0) is 4.74 Å². The molecule has 0 aromatic rings. The molecule has 2 fully saturated rings. The van der Waals surface area contributed by atoms with Crippen LogP contribution in [0.15, 0.2) is 0 Å².